The third-order valence-corrected chi connectivity index (χ3v) is 4.23. The number of anilines is 2. The van der Waals surface area contributed by atoms with E-state index < -0.39 is 9.84 Å². The molecule has 2 aromatic rings. The highest BCUT2D eigenvalue weighted by Gasteiger charge is 2.13. The van der Waals surface area contributed by atoms with E-state index in [2.05, 4.69) is 10.3 Å². The molecule has 0 spiro atoms. The lowest BCUT2D eigenvalue weighted by Crippen LogP contribution is -2.09. The summed E-state index contributed by atoms with van der Waals surface area (Å²) < 4.78 is 23.4. The lowest BCUT2D eigenvalue weighted by atomic mass is 10.1. The van der Waals surface area contributed by atoms with Crippen LogP contribution >= 0.6 is 0 Å². The van der Waals surface area contributed by atoms with Crippen LogP contribution in [0.1, 0.15) is 11.1 Å². The zero-order valence-electron chi connectivity index (χ0n) is 11.4. The number of sulfone groups is 1. The molecule has 1 aromatic heterocycles. The Morgan fingerprint density at radius 1 is 1.25 bits per heavy atom. The molecule has 106 valence electrons. The lowest BCUT2D eigenvalue weighted by molar-refractivity contribution is 0.601. The van der Waals surface area contributed by atoms with Crippen LogP contribution in [0.15, 0.2) is 41.4 Å². The number of rotatable bonds is 4. The van der Waals surface area contributed by atoms with Gasteiger partial charge in [0.15, 0.2) is 9.84 Å². The quantitative estimate of drug-likeness (QED) is 0.841. The Morgan fingerprint density at radius 2 is 2.00 bits per heavy atom. The molecular weight excluding hydrogens is 274 g/mol. The molecule has 0 fully saturated rings. The summed E-state index contributed by atoms with van der Waals surface area (Å²) >= 11 is 0. The van der Waals surface area contributed by atoms with Crippen molar-refractivity contribution < 1.29 is 8.42 Å². The molecule has 20 heavy (non-hydrogen) atoms. The van der Waals surface area contributed by atoms with Crippen LogP contribution in [0.25, 0.3) is 0 Å². The van der Waals surface area contributed by atoms with Crippen molar-refractivity contribution in [3.05, 3.63) is 47.7 Å². The Bertz CT molecular complexity index is 727. The van der Waals surface area contributed by atoms with Crippen molar-refractivity contribution in [3.63, 3.8) is 0 Å². The van der Waals surface area contributed by atoms with Crippen LogP contribution in [0.2, 0.25) is 0 Å². The molecular formula is C14H17N3O2S. The zero-order chi connectivity index (χ0) is 14.8. The first-order chi connectivity index (χ1) is 9.39. The van der Waals surface area contributed by atoms with Crippen molar-refractivity contribution in [1.82, 2.24) is 4.98 Å². The predicted octanol–water partition coefficient (Wildman–Crippen LogP) is 1.99. The van der Waals surface area contributed by atoms with Crippen LogP contribution in [0, 0.1) is 6.92 Å². The van der Waals surface area contributed by atoms with Gasteiger partial charge in [-0.3, -0.25) is 0 Å². The number of nitrogen functional groups attached to an aromatic ring is 1. The molecule has 3 N–H and O–H groups in total. The number of pyridine rings is 1. The summed E-state index contributed by atoms with van der Waals surface area (Å²) in [5.74, 6) is 0.358. The lowest BCUT2D eigenvalue weighted by Gasteiger charge is -2.12. The van der Waals surface area contributed by atoms with Gasteiger partial charge >= 0.3 is 0 Å². The highest BCUT2D eigenvalue weighted by atomic mass is 32.2. The average molecular weight is 291 g/mol. The maximum atomic E-state index is 11.7. The topological polar surface area (TPSA) is 85.1 Å². The van der Waals surface area contributed by atoms with Crippen molar-refractivity contribution in [2.75, 3.05) is 17.3 Å². The minimum atomic E-state index is -3.31. The Morgan fingerprint density at radius 3 is 2.70 bits per heavy atom. The molecule has 0 saturated carbocycles. The molecule has 6 heteroatoms. The fourth-order valence-corrected chi connectivity index (χ4v) is 2.70. The second kappa shape index (κ2) is 5.50. The van der Waals surface area contributed by atoms with E-state index in [9.17, 15) is 8.42 Å². The number of benzene rings is 1. The summed E-state index contributed by atoms with van der Waals surface area (Å²) in [6.07, 6.45) is 2.73. The van der Waals surface area contributed by atoms with Crippen molar-refractivity contribution in [1.29, 1.82) is 0 Å². The molecule has 0 aliphatic rings. The third-order valence-electron chi connectivity index (χ3n) is 3.10. The Labute approximate surface area is 118 Å². The number of aromatic nitrogens is 1. The summed E-state index contributed by atoms with van der Waals surface area (Å²) in [5, 5.41) is 3.06. The zero-order valence-corrected chi connectivity index (χ0v) is 12.2. The monoisotopic (exact) mass is 291 g/mol. The van der Waals surface area contributed by atoms with E-state index in [1.165, 1.54) is 12.3 Å². The van der Waals surface area contributed by atoms with Crippen molar-refractivity contribution in [2.24, 2.45) is 0 Å². The summed E-state index contributed by atoms with van der Waals surface area (Å²) in [4.78, 5) is 4.29. The maximum absolute atomic E-state index is 11.7. The van der Waals surface area contributed by atoms with Crippen LogP contribution in [-0.2, 0) is 16.4 Å². The van der Waals surface area contributed by atoms with E-state index in [1.807, 2.05) is 25.1 Å². The van der Waals surface area contributed by atoms with Gasteiger partial charge in [0.05, 0.1) is 0 Å². The van der Waals surface area contributed by atoms with Crippen molar-refractivity contribution >= 4 is 21.3 Å². The van der Waals surface area contributed by atoms with Gasteiger partial charge in [0.1, 0.15) is 10.7 Å². The van der Waals surface area contributed by atoms with E-state index in [0.717, 1.165) is 11.1 Å². The summed E-state index contributed by atoms with van der Waals surface area (Å²) in [5.41, 5.74) is 8.56. The molecule has 0 aliphatic carbocycles. The average Bonchev–Trinajstić information content (AvgIpc) is 2.40. The first-order valence-electron chi connectivity index (χ1n) is 6.12. The minimum absolute atomic E-state index is 0.196. The van der Waals surface area contributed by atoms with E-state index in [-0.39, 0.29) is 4.90 Å². The maximum Gasteiger partial charge on any atom is 0.179 e. The minimum Gasteiger partial charge on any atom is -0.399 e. The number of hydrogen-bond donors (Lipinski definition) is 2. The van der Waals surface area contributed by atoms with Gasteiger partial charge < -0.3 is 11.1 Å². The predicted molar refractivity (Wildman–Crippen MR) is 80.3 cm³/mol. The highest BCUT2D eigenvalue weighted by molar-refractivity contribution is 7.90. The molecule has 1 heterocycles. The van der Waals surface area contributed by atoms with Crippen LogP contribution in [0.3, 0.4) is 0 Å². The fourth-order valence-electron chi connectivity index (χ4n) is 1.90. The first-order valence-corrected chi connectivity index (χ1v) is 8.01. The second-order valence-corrected chi connectivity index (χ2v) is 6.59. The molecule has 5 nitrogen and oxygen atoms in total. The molecule has 0 unspecified atom stereocenters. The Kier molecular flexibility index (Phi) is 3.94. The van der Waals surface area contributed by atoms with Gasteiger partial charge in [-0.15, -0.1) is 0 Å². The Balaban J connectivity index is 2.26. The van der Waals surface area contributed by atoms with Gasteiger partial charge in [0.2, 0.25) is 0 Å². The molecule has 1 aromatic carbocycles. The van der Waals surface area contributed by atoms with Crippen LogP contribution < -0.4 is 11.1 Å². The van der Waals surface area contributed by atoms with Gasteiger partial charge in [-0.05, 0) is 36.2 Å². The number of nitrogens with two attached hydrogens (primary N) is 1. The van der Waals surface area contributed by atoms with Crippen LogP contribution in [0.5, 0.6) is 0 Å². The van der Waals surface area contributed by atoms with E-state index in [4.69, 9.17) is 5.73 Å². The highest BCUT2D eigenvalue weighted by Crippen LogP contribution is 2.20. The fraction of sp³-hybridized carbons (Fsp3) is 0.214. The van der Waals surface area contributed by atoms with Gasteiger partial charge in [-0.2, -0.15) is 0 Å². The summed E-state index contributed by atoms with van der Waals surface area (Å²) in [6, 6.07) is 8.79. The van der Waals surface area contributed by atoms with Gasteiger partial charge in [0, 0.05) is 24.7 Å². The molecule has 0 atom stereocenters. The Hall–Kier alpha value is -2.08. The van der Waals surface area contributed by atoms with E-state index in [1.54, 1.807) is 12.3 Å². The SMILES string of the molecule is Cc1c(N)cccc1CNc1ncccc1S(C)(=O)=O. The van der Waals surface area contributed by atoms with Crippen molar-refractivity contribution in [2.45, 2.75) is 18.4 Å². The normalized spacial score (nSPS) is 11.3. The molecule has 0 radical (unpaired) electrons. The van der Waals surface area contributed by atoms with E-state index in [0.29, 0.717) is 18.1 Å². The first kappa shape index (κ1) is 14.3. The van der Waals surface area contributed by atoms with Crippen molar-refractivity contribution in [3.8, 4) is 0 Å². The molecule has 0 aliphatic heterocycles. The van der Waals surface area contributed by atoms with Gasteiger partial charge in [-0.1, -0.05) is 12.1 Å². The standard InChI is InChI=1S/C14H17N3O2S/c1-10-11(5-3-6-12(10)15)9-17-14-13(20(2,18)19)7-4-8-16-14/h3-8H,9,15H2,1-2H3,(H,16,17). The molecule has 0 saturated heterocycles. The number of nitrogens with zero attached hydrogens (tertiary/aromatic N) is 1. The molecule has 0 amide bonds. The molecule has 2 rings (SSSR count). The largest absolute Gasteiger partial charge is 0.399 e. The van der Waals surface area contributed by atoms with Gasteiger partial charge in [-0.25, -0.2) is 13.4 Å². The van der Waals surface area contributed by atoms with Gasteiger partial charge in [0.25, 0.3) is 0 Å². The number of hydrogen-bond acceptors (Lipinski definition) is 5. The summed E-state index contributed by atoms with van der Waals surface area (Å²) in [7, 11) is -3.31. The third kappa shape index (κ3) is 3.08. The van der Waals surface area contributed by atoms with Crippen LogP contribution in [0.4, 0.5) is 11.5 Å². The summed E-state index contributed by atoms with van der Waals surface area (Å²) in [6.45, 7) is 2.40. The second-order valence-electron chi connectivity index (χ2n) is 4.61. The smallest absolute Gasteiger partial charge is 0.179 e. The number of nitrogens with one attached hydrogen (secondary N) is 1. The van der Waals surface area contributed by atoms with E-state index >= 15 is 0 Å². The van der Waals surface area contributed by atoms with Crippen LogP contribution in [-0.4, -0.2) is 19.7 Å². The molecule has 0 bridgehead atoms.